The van der Waals surface area contributed by atoms with E-state index in [9.17, 15) is 0 Å². The van der Waals surface area contributed by atoms with Gasteiger partial charge in [-0.3, -0.25) is 9.98 Å². The summed E-state index contributed by atoms with van der Waals surface area (Å²) in [5.74, 6) is 1.12. The fourth-order valence-corrected chi connectivity index (χ4v) is 2.17. The fraction of sp³-hybridized carbons (Fsp3) is 0.400. The van der Waals surface area contributed by atoms with E-state index < -0.39 is 0 Å². The summed E-state index contributed by atoms with van der Waals surface area (Å²) in [6.07, 6.45) is 3.60. The van der Waals surface area contributed by atoms with Gasteiger partial charge in [-0.25, -0.2) is 0 Å². The van der Waals surface area contributed by atoms with Gasteiger partial charge in [0.05, 0.1) is 6.54 Å². The highest BCUT2D eigenvalue weighted by Gasteiger charge is 2.14. The molecule has 1 unspecified atom stereocenters. The number of nitrogens with one attached hydrogen (secondary N) is 1. The van der Waals surface area contributed by atoms with Crippen molar-refractivity contribution in [3.63, 3.8) is 0 Å². The molecule has 1 saturated heterocycles. The van der Waals surface area contributed by atoms with Gasteiger partial charge < -0.3 is 5.32 Å². The summed E-state index contributed by atoms with van der Waals surface area (Å²) in [4.78, 5) is 8.45. The summed E-state index contributed by atoms with van der Waals surface area (Å²) in [5, 5.41) is 4.39. The largest absolute Gasteiger partial charge is 0.362 e. The Morgan fingerprint density at radius 3 is 3.00 bits per heavy atom. The van der Waals surface area contributed by atoms with Gasteiger partial charge in [-0.1, -0.05) is 11.8 Å². The van der Waals surface area contributed by atoms with E-state index in [-0.39, 0.29) is 0 Å². The Morgan fingerprint density at radius 1 is 1.57 bits per heavy atom. The van der Waals surface area contributed by atoms with Crippen molar-refractivity contribution < 1.29 is 0 Å². The van der Waals surface area contributed by atoms with Gasteiger partial charge in [-0.05, 0) is 24.6 Å². The second kappa shape index (κ2) is 4.46. The Bertz CT molecular complexity index is 323. The molecule has 1 atom stereocenters. The van der Waals surface area contributed by atoms with Gasteiger partial charge in [0.2, 0.25) is 0 Å². The van der Waals surface area contributed by atoms with Crippen molar-refractivity contribution >= 4 is 16.9 Å². The van der Waals surface area contributed by atoms with Crippen molar-refractivity contribution in [2.75, 3.05) is 5.75 Å². The topological polar surface area (TPSA) is 37.3 Å². The minimum atomic E-state index is 0.552. The highest BCUT2D eigenvalue weighted by Crippen LogP contribution is 2.13. The zero-order chi connectivity index (χ0) is 9.80. The van der Waals surface area contributed by atoms with Crippen LogP contribution in [0.25, 0.3) is 0 Å². The third-order valence-corrected chi connectivity index (χ3v) is 3.18. The quantitative estimate of drug-likeness (QED) is 0.801. The molecule has 0 amide bonds. The molecule has 3 nitrogen and oxygen atoms in total. The molecule has 1 N–H and O–H groups in total. The summed E-state index contributed by atoms with van der Waals surface area (Å²) >= 11 is 1.79. The number of aliphatic imine (C=N–C) groups is 1. The average molecular weight is 207 g/mol. The van der Waals surface area contributed by atoms with E-state index in [1.54, 1.807) is 24.2 Å². The van der Waals surface area contributed by atoms with Gasteiger partial charge >= 0.3 is 0 Å². The number of hydrogen-bond acceptors (Lipinski definition) is 3. The van der Waals surface area contributed by atoms with Gasteiger partial charge in [-0.15, -0.1) is 0 Å². The minimum absolute atomic E-state index is 0.552. The SMILES string of the molecule is CC1CSC(=NCc2ccncc2)N1. The molecule has 14 heavy (non-hydrogen) atoms. The first-order valence-corrected chi connectivity index (χ1v) is 5.66. The van der Waals surface area contributed by atoms with Crippen LogP contribution in [-0.4, -0.2) is 21.9 Å². The molecule has 4 heteroatoms. The lowest BCUT2D eigenvalue weighted by atomic mass is 10.3. The second-order valence-electron chi connectivity index (χ2n) is 3.33. The number of pyridine rings is 1. The molecule has 2 rings (SSSR count). The summed E-state index contributed by atoms with van der Waals surface area (Å²) in [7, 11) is 0. The first kappa shape index (κ1) is 9.52. The number of hydrogen-bond donors (Lipinski definition) is 1. The summed E-state index contributed by atoms with van der Waals surface area (Å²) in [5.41, 5.74) is 1.20. The normalized spacial score (nSPS) is 23.8. The maximum absolute atomic E-state index is 4.48. The van der Waals surface area contributed by atoms with Crippen LogP contribution in [0.1, 0.15) is 12.5 Å². The van der Waals surface area contributed by atoms with E-state index in [4.69, 9.17) is 0 Å². The monoisotopic (exact) mass is 207 g/mol. The molecule has 0 aliphatic carbocycles. The van der Waals surface area contributed by atoms with Crippen molar-refractivity contribution in [3.05, 3.63) is 30.1 Å². The molecule has 0 aromatic carbocycles. The van der Waals surface area contributed by atoms with Crippen molar-refractivity contribution in [1.29, 1.82) is 0 Å². The third kappa shape index (κ3) is 2.48. The smallest absolute Gasteiger partial charge is 0.157 e. The highest BCUT2D eigenvalue weighted by atomic mass is 32.2. The van der Waals surface area contributed by atoms with Crippen LogP contribution >= 0.6 is 11.8 Å². The predicted molar refractivity (Wildman–Crippen MR) is 60.4 cm³/mol. The van der Waals surface area contributed by atoms with E-state index >= 15 is 0 Å². The van der Waals surface area contributed by atoms with Crippen molar-refractivity contribution in [2.24, 2.45) is 4.99 Å². The van der Waals surface area contributed by atoms with E-state index in [2.05, 4.69) is 22.2 Å². The van der Waals surface area contributed by atoms with Gasteiger partial charge in [0.25, 0.3) is 0 Å². The van der Waals surface area contributed by atoms with Crippen molar-refractivity contribution in [1.82, 2.24) is 10.3 Å². The Hall–Kier alpha value is -1.03. The highest BCUT2D eigenvalue weighted by molar-refractivity contribution is 8.14. The van der Waals surface area contributed by atoms with E-state index in [0.29, 0.717) is 6.04 Å². The van der Waals surface area contributed by atoms with E-state index in [0.717, 1.165) is 17.5 Å². The first-order valence-electron chi connectivity index (χ1n) is 4.67. The van der Waals surface area contributed by atoms with Crippen LogP contribution in [0.3, 0.4) is 0 Å². The molecule has 0 radical (unpaired) electrons. The molecule has 1 aliphatic heterocycles. The van der Waals surface area contributed by atoms with Gasteiger partial charge in [0, 0.05) is 24.2 Å². The molecule has 1 aromatic heterocycles. The lowest BCUT2D eigenvalue weighted by molar-refractivity contribution is 0.764. The van der Waals surface area contributed by atoms with Crippen molar-refractivity contribution in [3.8, 4) is 0 Å². The van der Waals surface area contributed by atoms with Crippen molar-refractivity contribution in [2.45, 2.75) is 19.5 Å². The summed E-state index contributed by atoms with van der Waals surface area (Å²) in [6.45, 7) is 2.91. The number of nitrogens with zero attached hydrogens (tertiary/aromatic N) is 2. The minimum Gasteiger partial charge on any atom is -0.362 e. The molecule has 1 aromatic rings. The van der Waals surface area contributed by atoms with Gasteiger partial charge in [-0.2, -0.15) is 0 Å². The number of rotatable bonds is 2. The molecular formula is C10H13N3S. The molecule has 1 fully saturated rings. The standard InChI is InChI=1S/C10H13N3S/c1-8-7-14-10(13-8)12-6-9-2-4-11-5-3-9/h2-5,8H,6-7H2,1H3,(H,12,13). The first-order chi connectivity index (χ1) is 6.84. The summed E-state index contributed by atoms with van der Waals surface area (Å²) in [6, 6.07) is 4.54. The zero-order valence-electron chi connectivity index (χ0n) is 8.10. The Morgan fingerprint density at radius 2 is 2.36 bits per heavy atom. The van der Waals surface area contributed by atoms with Crippen LogP contribution in [-0.2, 0) is 6.54 Å². The molecule has 0 saturated carbocycles. The van der Waals surface area contributed by atoms with Crippen LogP contribution in [0.5, 0.6) is 0 Å². The lowest BCUT2D eigenvalue weighted by Gasteiger charge is -2.00. The number of amidine groups is 1. The predicted octanol–water partition coefficient (Wildman–Crippen LogP) is 1.66. The number of aromatic nitrogens is 1. The Labute approximate surface area is 88.0 Å². The molecule has 74 valence electrons. The molecule has 0 bridgehead atoms. The maximum Gasteiger partial charge on any atom is 0.157 e. The second-order valence-corrected chi connectivity index (χ2v) is 4.34. The maximum atomic E-state index is 4.48. The molecular weight excluding hydrogens is 194 g/mol. The lowest BCUT2D eigenvalue weighted by Crippen LogP contribution is -2.23. The van der Waals surface area contributed by atoms with Crippen LogP contribution < -0.4 is 5.32 Å². The fourth-order valence-electron chi connectivity index (χ4n) is 1.24. The third-order valence-electron chi connectivity index (χ3n) is 1.99. The van der Waals surface area contributed by atoms with Gasteiger partial charge in [0.1, 0.15) is 0 Å². The van der Waals surface area contributed by atoms with Crippen LogP contribution in [0.4, 0.5) is 0 Å². The van der Waals surface area contributed by atoms with Crippen LogP contribution in [0.2, 0.25) is 0 Å². The molecule has 1 aliphatic rings. The zero-order valence-corrected chi connectivity index (χ0v) is 8.92. The molecule has 0 spiro atoms. The van der Waals surface area contributed by atoms with E-state index in [1.807, 2.05) is 12.1 Å². The van der Waals surface area contributed by atoms with Crippen LogP contribution in [0, 0.1) is 0 Å². The van der Waals surface area contributed by atoms with Crippen LogP contribution in [0.15, 0.2) is 29.5 Å². The Balaban J connectivity index is 1.94. The summed E-state index contributed by atoms with van der Waals surface area (Å²) < 4.78 is 0. The van der Waals surface area contributed by atoms with Gasteiger partial charge in [0.15, 0.2) is 5.17 Å². The Kier molecular flexibility index (Phi) is 3.03. The number of thioether (sulfide) groups is 1. The average Bonchev–Trinajstić information content (AvgIpc) is 2.63. The molecule has 2 heterocycles. The van der Waals surface area contributed by atoms with E-state index in [1.165, 1.54) is 5.56 Å².